The highest BCUT2D eigenvalue weighted by Crippen LogP contribution is 2.40. The van der Waals surface area contributed by atoms with Gasteiger partial charge in [-0.1, -0.05) is 49.7 Å². The zero-order valence-electron chi connectivity index (χ0n) is 25.0. The second kappa shape index (κ2) is 14.4. The van der Waals surface area contributed by atoms with E-state index in [1.54, 1.807) is 29.2 Å². The van der Waals surface area contributed by atoms with E-state index in [2.05, 4.69) is 11.8 Å². The molecule has 0 aliphatic carbocycles. The average molecular weight is 585 g/mol. The molecule has 0 aromatic heterocycles. The molecule has 2 aliphatic rings. The number of likely N-dealkylation sites (tertiary alicyclic amines) is 1. The highest BCUT2D eigenvalue weighted by Gasteiger charge is 2.46. The summed E-state index contributed by atoms with van der Waals surface area (Å²) in [4.78, 5) is 30.7. The van der Waals surface area contributed by atoms with Crippen LogP contribution in [-0.4, -0.2) is 72.6 Å². The number of aliphatic hydroxyl groups is 1. The third-order valence-electron chi connectivity index (χ3n) is 8.05. The summed E-state index contributed by atoms with van der Waals surface area (Å²) in [5, 5.41) is 11.5. The van der Waals surface area contributed by atoms with Crippen molar-refractivity contribution in [3.05, 3.63) is 101 Å². The number of aryl methyl sites for hydroxylation is 1. The summed E-state index contributed by atoms with van der Waals surface area (Å²) < 4.78 is 17.2. The number of ketones is 1. The Labute approximate surface area is 253 Å². The van der Waals surface area contributed by atoms with E-state index in [-0.39, 0.29) is 11.3 Å². The topological polar surface area (TPSA) is 88.5 Å². The molecule has 0 saturated carbocycles. The molecule has 5 rings (SSSR count). The van der Waals surface area contributed by atoms with Gasteiger partial charge in [-0.25, -0.2) is 0 Å². The first-order valence-corrected chi connectivity index (χ1v) is 15.0. The second-order valence-electron chi connectivity index (χ2n) is 11.0. The lowest BCUT2D eigenvalue weighted by atomic mass is 9.95. The van der Waals surface area contributed by atoms with E-state index in [4.69, 9.17) is 14.2 Å². The highest BCUT2D eigenvalue weighted by atomic mass is 16.5. The maximum Gasteiger partial charge on any atom is 0.295 e. The molecule has 2 saturated heterocycles. The third kappa shape index (κ3) is 7.27. The molecule has 0 spiro atoms. The van der Waals surface area contributed by atoms with Gasteiger partial charge in [-0.3, -0.25) is 14.5 Å². The average Bonchev–Trinajstić information content (AvgIpc) is 3.29. The van der Waals surface area contributed by atoms with Crippen molar-refractivity contribution >= 4 is 17.4 Å². The number of amides is 1. The molecule has 226 valence electrons. The van der Waals surface area contributed by atoms with Crippen LogP contribution in [0.3, 0.4) is 0 Å². The van der Waals surface area contributed by atoms with Gasteiger partial charge in [-0.2, -0.15) is 0 Å². The highest BCUT2D eigenvalue weighted by molar-refractivity contribution is 6.46. The molecule has 1 amide bonds. The first-order valence-electron chi connectivity index (χ1n) is 15.0. The summed E-state index contributed by atoms with van der Waals surface area (Å²) >= 11 is 0. The van der Waals surface area contributed by atoms with E-state index in [0.29, 0.717) is 50.8 Å². The van der Waals surface area contributed by atoms with Crippen molar-refractivity contribution in [2.75, 3.05) is 46.0 Å². The molecule has 0 bridgehead atoms. The lowest BCUT2D eigenvalue weighted by Crippen LogP contribution is -2.42. The first kappa shape index (κ1) is 30.3. The molecule has 1 unspecified atom stereocenters. The Morgan fingerprint density at radius 2 is 1.58 bits per heavy atom. The molecule has 3 aromatic rings. The van der Waals surface area contributed by atoms with Crippen LogP contribution in [0, 0.1) is 6.92 Å². The van der Waals surface area contributed by atoms with Crippen molar-refractivity contribution < 1.29 is 28.9 Å². The molecule has 1 N–H and O–H groups in total. The number of nitrogens with zero attached hydrogens (tertiary/aromatic N) is 2. The molecule has 1 atom stereocenters. The maximum absolute atomic E-state index is 13.5. The van der Waals surface area contributed by atoms with Crippen LogP contribution in [0.5, 0.6) is 11.5 Å². The Bertz CT molecular complexity index is 1430. The number of rotatable bonds is 12. The van der Waals surface area contributed by atoms with E-state index < -0.39 is 17.7 Å². The van der Waals surface area contributed by atoms with Crippen LogP contribution in [0.4, 0.5) is 0 Å². The fraction of sp³-hybridized carbons (Fsp3) is 0.371. The van der Waals surface area contributed by atoms with Crippen molar-refractivity contribution in [1.29, 1.82) is 0 Å². The zero-order chi connectivity index (χ0) is 30.2. The molecule has 8 nitrogen and oxygen atoms in total. The van der Waals surface area contributed by atoms with Gasteiger partial charge in [0.1, 0.15) is 23.9 Å². The van der Waals surface area contributed by atoms with Crippen LogP contribution in [0.15, 0.2) is 78.4 Å². The minimum absolute atomic E-state index is 0.0835. The van der Waals surface area contributed by atoms with E-state index in [9.17, 15) is 14.7 Å². The van der Waals surface area contributed by atoms with Gasteiger partial charge in [0, 0.05) is 31.7 Å². The number of benzene rings is 3. The van der Waals surface area contributed by atoms with E-state index in [1.165, 1.54) is 0 Å². The van der Waals surface area contributed by atoms with Crippen molar-refractivity contribution in [3.63, 3.8) is 0 Å². The van der Waals surface area contributed by atoms with Crippen molar-refractivity contribution in [3.8, 4) is 11.5 Å². The summed E-state index contributed by atoms with van der Waals surface area (Å²) in [6.07, 6.45) is 1.99. The van der Waals surface area contributed by atoms with Crippen LogP contribution < -0.4 is 9.47 Å². The van der Waals surface area contributed by atoms with Gasteiger partial charge in [-0.05, 0) is 66.4 Å². The number of morpholine rings is 1. The SMILES string of the molecule is CCCCOc1ccc(C2C(=C(O)c3ccc(OCc4ccccc4C)cc3)C(=O)C(=O)N2CCN2CCOCC2)cc1. The van der Waals surface area contributed by atoms with Gasteiger partial charge in [0.05, 0.1) is 31.4 Å². The Hall–Kier alpha value is -4.14. The number of hydrogen-bond donors (Lipinski definition) is 1. The summed E-state index contributed by atoms with van der Waals surface area (Å²) in [6.45, 7) is 9.00. The largest absolute Gasteiger partial charge is 0.507 e. The monoisotopic (exact) mass is 584 g/mol. The number of carbonyl (C=O) groups excluding carboxylic acids is 2. The number of Topliss-reactive ketones (excluding diaryl/α,β-unsaturated/α-hetero) is 1. The lowest BCUT2D eigenvalue weighted by molar-refractivity contribution is -0.140. The fourth-order valence-corrected chi connectivity index (χ4v) is 5.41. The van der Waals surface area contributed by atoms with Gasteiger partial charge in [0.2, 0.25) is 0 Å². The van der Waals surface area contributed by atoms with Crippen LogP contribution in [0.2, 0.25) is 0 Å². The van der Waals surface area contributed by atoms with Gasteiger partial charge in [-0.15, -0.1) is 0 Å². The zero-order valence-corrected chi connectivity index (χ0v) is 25.0. The third-order valence-corrected chi connectivity index (χ3v) is 8.05. The second-order valence-corrected chi connectivity index (χ2v) is 11.0. The van der Waals surface area contributed by atoms with Gasteiger partial charge < -0.3 is 24.2 Å². The number of hydrogen-bond acceptors (Lipinski definition) is 7. The van der Waals surface area contributed by atoms with Gasteiger partial charge in [0.15, 0.2) is 0 Å². The molecule has 8 heteroatoms. The van der Waals surface area contributed by atoms with Crippen molar-refractivity contribution in [2.45, 2.75) is 39.3 Å². The normalized spacial score (nSPS) is 18.7. The number of carbonyl (C=O) groups is 2. The number of aliphatic hydroxyl groups excluding tert-OH is 1. The minimum Gasteiger partial charge on any atom is -0.507 e. The lowest BCUT2D eigenvalue weighted by Gasteiger charge is -2.31. The van der Waals surface area contributed by atoms with Crippen molar-refractivity contribution in [2.24, 2.45) is 0 Å². The number of ether oxygens (including phenoxy) is 3. The Morgan fingerprint density at radius 1 is 0.907 bits per heavy atom. The predicted molar refractivity (Wildman–Crippen MR) is 165 cm³/mol. The molecule has 2 aliphatic heterocycles. The van der Waals surface area contributed by atoms with Crippen LogP contribution >= 0.6 is 0 Å². The van der Waals surface area contributed by atoms with Crippen molar-refractivity contribution in [1.82, 2.24) is 9.80 Å². The first-order chi connectivity index (χ1) is 21.0. The summed E-state index contributed by atoms with van der Waals surface area (Å²) in [7, 11) is 0. The molecular weight excluding hydrogens is 544 g/mol. The van der Waals surface area contributed by atoms with Crippen LogP contribution in [-0.2, 0) is 20.9 Å². The Kier molecular flexibility index (Phi) is 10.1. The van der Waals surface area contributed by atoms with Crippen LogP contribution in [0.1, 0.15) is 48.1 Å². The Morgan fingerprint density at radius 3 is 2.28 bits per heavy atom. The van der Waals surface area contributed by atoms with Gasteiger partial charge in [0.25, 0.3) is 11.7 Å². The summed E-state index contributed by atoms with van der Waals surface area (Å²) in [6, 6.07) is 21.7. The minimum atomic E-state index is -0.720. The van der Waals surface area contributed by atoms with E-state index in [0.717, 1.165) is 48.4 Å². The molecule has 2 fully saturated rings. The van der Waals surface area contributed by atoms with Crippen LogP contribution in [0.25, 0.3) is 5.76 Å². The fourth-order valence-electron chi connectivity index (χ4n) is 5.41. The Balaban J connectivity index is 1.41. The molecule has 0 radical (unpaired) electrons. The summed E-state index contributed by atoms with van der Waals surface area (Å²) in [5.41, 5.74) is 3.51. The molecule has 2 heterocycles. The maximum atomic E-state index is 13.5. The quantitative estimate of drug-likeness (QED) is 0.130. The molecule has 3 aromatic carbocycles. The van der Waals surface area contributed by atoms with E-state index >= 15 is 0 Å². The smallest absolute Gasteiger partial charge is 0.295 e. The number of unbranched alkanes of at least 4 members (excludes halogenated alkanes) is 1. The molecule has 43 heavy (non-hydrogen) atoms. The van der Waals surface area contributed by atoms with Gasteiger partial charge >= 0.3 is 0 Å². The predicted octanol–water partition coefficient (Wildman–Crippen LogP) is 5.51. The van der Waals surface area contributed by atoms with E-state index in [1.807, 2.05) is 55.5 Å². The molecular formula is C35H40N2O6. The standard InChI is InChI=1S/C35H40N2O6/c1-3-4-21-42-29-13-9-26(10-14-29)32-31(34(39)35(40)37(32)18-17-36-19-22-41-23-20-36)33(38)27-11-15-30(16-12-27)43-24-28-8-6-5-7-25(28)2/h5-16,32,38H,3-4,17-24H2,1-2H3. The summed E-state index contributed by atoms with van der Waals surface area (Å²) in [5.74, 6) is -0.135.